The molecule has 1 aliphatic rings. The van der Waals surface area contributed by atoms with Gasteiger partial charge in [-0.1, -0.05) is 18.2 Å². The molecule has 0 atom stereocenters. The van der Waals surface area contributed by atoms with E-state index in [1.54, 1.807) is 0 Å². The van der Waals surface area contributed by atoms with Gasteiger partial charge in [0, 0.05) is 18.7 Å². The van der Waals surface area contributed by atoms with E-state index in [0.717, 1.165) is 17.9 Å². The summed E-state index contributed by atoms with van der Waals surface area (Å²) >= 11 is 0. The Morgan fingerprint density at radius 1 is 1.50 bits per heavy atom. The Kier molecular flexibility index (Phi) is 3.38. The number of para-hydroxylation sites is 1. The Balaban J connectivity index is 2.07. The molecule has 2 rings (SSSR count). The highest BCUT2D eigenvalue weighted by molar-refractivity contribution is 5.77. The molecule has 0 spiro atoms. The lowest BCUT2D eigenvalue weighted by atomic mass is 10.2. The highest BCUT2D eigenvalue weighted by Gasteiger charge is 2.16. The van der Waals surface area contributed by atoms with E-state index in [9.17, 15) is 4.79 Å². The monoisotopic (exact) mass is 221 g/mol. The summed E-state index contributed by atoms with van der Waals surface area (Å²) in [5.74, 6) is 5.79. The highest BCUT2D eigenvalue weighted by Crippen LogP contribution is 2.21. The topological polar surface area (TPSA) is 67.6 Å². The summed E-state index contributed by atoms with van der Waals surface area (Å²) < 4.78 is 5.59. The van der Waals surface area contributed by atoms with Gasteiger partial charge in [-0.05, 0) is 6.07 Å². The van der Waals surface area contributed by atoms with Crippen LogP contribution in [0.25, 0.3) is 0 Å². The minimum Gasteiger partial charge on any atom is -0.492 e. The van der Waals surface area contributed by atoms with E-state index in [1.807, 2.05) is 29.2 Å². The summed E-state index contributed by atoms with van der Waals surface area (Å²) in [4.78, 5) is 13.2. The van der Waals surface area contributed by atoms with Crippen molar-refractivity contribution in [3.63, 3.8) is 0 Å². The summed E-state index contributed by atoms with van der Waals surface area (Å²) in [6.45, 7) is 2.33. The Morgan fingerprint density at radius 3 is 3.12 bits per heavy atom. The fourth-order valence-corrected chi connectivity index (χ4v) is 1.76. The predicted molar refractivity (Wildman–Crippen MR) is 59.5 cm³/mol. The van der Waals surface area contributed by atoms with Crippen molar-refractivity contribution in [2.24, 2.45) is 5.84 Å². The minimum atomic E-state index is -0.181. The van der Waals surface area contributed by atoms with Gasteiger partial charge >= 0.3 is 0 Å². The fourth-order valence-electron chi connectivity index (χ4n) is 1.76. The summed E-state index contributed by atoms with van der Waals surface area (Å²) in [7, 11) is 0. The van der Waals surface area contributed by atoms with Crippen molar-refractivity contribution in [1.82, 2.24) is 10.3 Å². The number of hydrogen-bond acceptors (Lipinski definition) is 4. The van der Waals surface area contributed by atoms with Crippen LogP contribution in [0.3, 0.4) is 0 Å². The number of nitrogens with two attached hydrogens (primary N) is 1. The average Bonchev–Trinajstić information content (AvgIpc) is 2.50. The summed E-state index contributed by atoms with van der Waals surface area (Å²) in [6, 6.07) is 7.87. The maximum absolute atomic E-state index is 11.2. The molecule has 0 fully saturated rings. The molecule has 0 radical (unpaired) electrons. The zero-order chi connectivity index (χ0) is 11.4. The maximum atomic E-state index is 11.2. The third-order valence-electron chi connectivity index (χ3n) is 2.56. The van der Waals surface area contributed by atoms with Crippen LogP contribution in [0.4, 0.5) is 0 Å². The van der Waals surface area contributed by atoms with Gasteiger partial charge in [0.05, 0.1) is 6.54 Å². The first kappa shape index (κ1) is 10.9. The molecule has 0 aromatic heterocycles. The van der Waals surface area contributed by atoms with Crippen LogP contribution < -0.4 is 16.0 Å². The van der Waals surface area contributed by atoms with Gasteiger partial charge in [0.15, 0.2) is 0 Å². The molecule has 5 nitrogen and oxygen atoms in total. The number of benzene rings is 1. The Morgan fingerprint density at radius 2 is 2.31 bits per heavy atom. The van der Waals surface area contributed by atoms with Crippen LogP contribution in [0.1, 0.15) is 5.56 Å². The Bertz CT molecular complexity index is 381. The van der Waals surface area contributed by atoms with Crippen molar-refractivity contribution >= 4 is 5.91 Å². The zero-order valence-electron chi connectivity index (χ0n) is 8.98. The van der Waals surface area contributed by atoms with E-state index >= 15 is 0 Å². The number of nitrogens with one attached hydrogen (secondary N) is 1. The lowest BCUT2D eigenvalue weighted by molar-refractivity contribution is -0.122. The molecule has 0 aliphatic carbocycles. The van der Waals surface area contributed by atoms with Crippen LogP contribution in [0, 0.1) is 0 Å². The van der Waals surface area contributed by atoms with Crippen LogP contribution in [-0.2, 0) is 11.3 Å². The number of nitrogens with zero attached hydrogens (tertiary/aromatic N) is 1. The molecule has 86 valence electrons. The fraction of sp³-hybridized carbons (Fsp3) is 0.364. The van der Waals surface area contributed by atoms with Crippen molar-refractivity contribution in [2.75, 3.05) is 19.7 Å². The number of carbonyl (C=O) groups is 1. The average molecular weight is 221 g/mol. The molecule has 1 amide bonds. The van der Waals surface area contributed by atoms with Crippen LogP contribution in [0.2, 0.25) is 0 Å². The number of hydrazine groups is 1. The molecule has 1 aliphatic heterocycles. The minimum absolute atomic E-state index is 0.181. The normalized spacial score (nSPS) is 15.8. The first-order valence-corrected chi connectivity index (χ1v) is 5.22. The highest BCUT2D eigenvalue weighted by atomic mass is 16.5. The molecule has 5 heteroatoms. The number of rotatable bonds is 2. The Labute approximate surface area is 94.1 Å². The van der Waals surface area contributed by atoms with Crippen molar-refractivity contribution in [1.29, 1.82) is 0 Å². The smallest absolute Gasteiger partial charge is 0.248 e. The van der Waals surface area contributed by atoms with E-state index in [4.69, 9.17) is 10.6 Å². The lowest BCUT2D eigenvalue weighted by Crippen LogP contribution is -2.40. The van der Waals surface area contributed by atoms with Gasteiger partial charge in [-0.3, -0.25) is 15.1 Å². The second-order valence-corrected chi connectivity index (χ2v) is 3.73. The third-order valence-corrected chi connectivity index (χ3v) is 2.56. The van der Waals surface area contributed by atoms with Crippen LogP contribution in [-0.4, -0.2) is 30.5 Å². The summed E-state index contributed by atoms with van der Waals surface area (Å²) in [5.41, 5.74) is 3.24. The van der Waals surface area contributed by atoms with E-state index < -0.39 is 0 Å². The molecule has 3 N–H and O–H groups in total. The molecular weight excluding hydrogens is 206 g/mol. The van der Waals surface area contributed by atoms with Crippen LogP contribution in [0.15, 0.2) is 24.3 Å². The maximum Gasteiger partial charge on any atom is 0.248 e. The van der Waals surface area contributed by atoms with E-state index in [-0.39, 0.29) is 5.91 Å². The lowest BCUT2D eigenvalue weighted by Gasteiger charge is -2.17. The van der Waals surface area contributed by atoms with Gasteiger partial charge in [-0.2, -0.15) is 0 Å². The van der Waals surface area contributed by atoms with Gasteiger partial charge in [0.25, 0.3) is 0 Å². The Hall–Kier alpha value is -1.59. The van der Waals surface area contributed by atoms with Crippen molar-refractivity contribution in [2.45, 2.75) is 6.54 Å². The number of ether oxygens (including phenoxy) is 1. The van der Waals surface area contributed by atoms with Crippen molar-refractivity contribution in [3.05, 3.63) is 29.8 Å². The molecular formula is C11H15N3O2. The zero-order valence-corrected chi connectivity index (χ0v) is 8.98. The van der Waals surface area contributed by atoms with Gasteiger partial charge < -0.3 is 4.74 Å². The number of amides is 1. The first-order chi connectivity index (χ1) is 7.79. The third kappa shape index (κ3) is 2.50. The first-order valence-electron chi connectivity index (χ1n) is 5.22. The molecule has 0 bridgehead atoms. The standard InChI is InChI=1S/C11H15N3O2/c12-13-11(15)8-14-5-6-16-10-4-2-1-3-9(10)7-14/h1-4H,5-8,12H2,(H,13,15). The van der Waals surface area contributed by atoms with Crippen LogP contribution in [0.5, 0.6) is 5.75 Å². The summed E-state index contributed by atoms with van der Waals surface area (Å²) in [5, 5.41) is 0. The molecule has 0 saturated carbocycles. The number of carbonyl (C=O) groups excluding carboxylic acids is 1. The number of hydrogen-bond donors (Lipinski definition) is 2. The van der Waals surface area contributed by atoms with Crippen LogP contribution >= 0.6 is 0 Å². The second-order valence-electron chi connectivity index (χ2n) is 3.73. The van der Waals surface area contributed by atoms with Gasteiger partial charge in [0.1, 0.15) is 12.4 Å². The molecule has 1 aromatic carbocycles. The van der Waals surface area contributed by atoms with Gasteiger partial charge in [-0.15, -0.1) is 0 Å². The van der Waals surface area contributed by atoms with Gasteiger partial charge in [-0.25, -0.2) is 5.84 Å². The molecule has 0 unspecified atom stereocenters. The van der Waals surface area contributed by atoms with E-state index in [0.29, 0.717) is 19.7 Å². The van der Waals surface area contributed by atoms with Crippen molar-refractivity contribution in [3.8, 4) is 5.75 Å². The van der Waals surface area contributed by atoms with Gasteiger partial charge in [0.2, 0.25) is 5.91 Å². The molecule has 0 saturated heterocycles. The summed E-state index contributed by atoms with van der Waals surface area (Å²) in [6.07, 6.45) is 0. The van der Waals surface area contributed by atoms with E-state index in [2.05, 4.69) is 5.43 Å². The SMILES string of the molecule is NNC(=O)CN1CCOc2ccccc2C1. The molecule has 1 aromatic rings. The largest absolute Gasteiger partial charge is 0.492 e. The molecule has 16 heavy (non-hydrogen) atoms. The van der Waals surface area contributed by atoms with E-state index in [1.165, 1.54) is 0 Å². The number of fused-ring (bicyclic) bond motifs is 1. The second kappa shape index (κ2) is 4.96. The van der Waals surface area contributed by atoms with Crippen molar-refractivity contribution < 1.29 is 9.53 Å². The quantitative estimate of drug-likeness (QED) is 0.415. The predicted octanol–water partition coefficient (Wildman–Crippen LogP) is -0.129. The molecule has 1 heterocycles.